The summed E-state index contributed by atoms with van der Waals surface area (Å²) in [5.41, 5.74) is 2.37. The van der Waals surface area contributed by atoms with Crippen LogP contribution in [0.3, 0.4) is 0 Å². The van der Waals surface area contributed by atoms with Crippen LogP contribution in [0.25, 0.3) is 0 Å². The van der Waals surface area contributed by atoms with Gasteiger partial charge in [0.2, 0.25) is 15.9 Å². The van der Waals surface area contributed by atoms with E-state index in [-0.39, 0.29) is 23.4 Å². The molecule has 1 N–H and O–H groups in total. The first kappa shape index (κ1) is 25.9. The van der Waals surface area contributed by atoms with Crippen LogP contribution in [0.1, 0.15) is 47.9 Å². The van der Waals surface area contributed by atoms with Crippen LogP contribution in [0.15, 0.2) is 44.4 Å². The van der Waals surface area contributed by atoms with E-state index in [9.17, 15) is 13.2 Å². The van der Waals surface area contributed by atoms with Crippen molar-refractivity contribution in [1.29, 1.82) is 0 Å². The SMILES string of the molecule is Cc1ccc(F)c([C@@H](C)[C@@H](c2n[nH]c(=O)o2)N2CN(CC3CCOC3)c3cc(Cl)ccc3S2(=O)=O)c1C. The molecule has 0 aliphatic carbocycles. The number of ether oxygens (including phenoxy) is 1. The van der Waals surface area contributed by atoms with Gasteiger partial charge in [-0.3, -0.25) is 0 Å². The number of fused-ring (bicyclic) bond motifs is 1. The van der Waals surface area contributed by atoms with E-state index in [4.69, 9.17) is 20.8 Å². The number of H-pyrrole nitrogens is 1. The van der Waals surface area contributed by atoms with Gasteiger partial charge in [-0.15, -0.1) is 5.10 Å². The lowest BCUT2D eigenvalue weighted by atomic mass is 9.87. The molecule has 1 unspecified atom stereocenters. The predicted octanol–water partition coefficient (Wildman–Crippen LogP) is 4.12. The van der Waals surface area contributed by atoms with E-state index >= 15 is 4.39 Å². The summed E-state index contributed by atoms with van der Waals surface area (Å²) in [5.74, 6) is -1.98. The standard InChI is InChI=1S/C25H28ClFN4O5S/c1-14-4-6-19(27)22(15(14)2)16(3)23(24-28-29-25(32)36-24)31-13-30(11-17-8-9-35-12-17)20-10-18(26)5-7-21(20)37(31,33)34/h4-7,10,16-17,23H,8-9,11-13H2,1-3H3,(H,29,32)/t16-,17?,23+/m1/s1. The van der Waals surface area contributed by atoms with Crippen molar-refractivity contribution in [3.8, 4) is 0 Å². The number of halogens is 2. The summed E-state index contributed by atoms with van der Waals surface area (Å²) in [4.78, 5) is 14.0. The van der Waals surface area contributed by atoms with Crippen molar-refractivity contribution in [2.75, 3.05) is 31.3 Å². The second kappa shape index (κ2) is 9.86. The van der Waals surface area contributed by atoms with Crippen LogP contribution in [-0.2, 0) is 14.8 Å². The Bertz CT molecular complexity index is 1480. The Morgan fingerprint density at radius 3 is 2.73 bits per heavy atom. The number of sulfonamides is 1. The Labute approximate surface area is 219 Å². The van der Waals surface area contributed by atoms with Gasteiger partial charge in [0.25, 0.3) is 0 Å². The van der Waals surface area contributed by atoms with Crippen LogP contribution in [-0.4, -0.2) is 49.3 Å². The van der Waals surface area contributed by atoms with E-state index in [1.807, 2.05) is 11.8 Å². The Morgan fingerprint density at radius 1 is 1.27 bits per heavy atom. The Balaban J connectivity index is 1.67. The maximum atomic E-state index is 15.2. The normalized spacial score (nSPS) is 21.1. The molecule has 2 aliphatic heterocycles. The number of hydrogen-bond donors (Lipinski definition) is 1. The Hall–Kier alpha value is -2.73. The fraction of sp³-hybridized carbons (Fsp3) is 0.440. The van der Waals surface area contributed by atoms with Crippen molar-refractivity contribution in [3.63, 3.8) is 0 Å². The minimum absolute atomic E-state index is 0.0652. The minimum atomic E-state index is -4.13. The first-order chi connectivity index (χ1) is 17.6. The van der Waals surface area contributed by atoms with E-state index in [2.05, 4.69) is 10.2 Å². The first-order valence-electron chi connectivity index (χ1n) is 12.0. The summed E-state index contributed by atoms with van der Waals surface area (Å²) in [6.07, 6.45) is 0.848. The smallest absolute Gasteiger partial charge is 0.391 e. The highest BCUT2D eigenvalue weighted by atomic mass is 35.5. The average Bonchev–Trinajstić information content (AvgIpc) is 3.51. The number of aromatic nitrogens is 2. The Kier molecular flexibility index (Phi) is 6.90. The van der Waals surface area contributed by atoms with Gasteiger partial charge in [0.1, 0.15) is 16.8 Å². The van der Waals surface area contributed by atoms with E-state index in [1.165, 1.54) is 22.5 Å². The number of nitrogens with zero attached hydrogens (tertiary/aromatic N) is 3. The van der Waals surface area contributed by atoms with Gasteiger partial charge in [-0.05, 0) is 61.2 Å². The second-order valence-corrected chi connectivity index (χ2v) is 12.0. The van der Waals surface area contributed by atoms with Gasteiger partial charge in [-0.25, -0.2) is 22.7 Å². The zero-order valence-corrected chi connectivity index (χ0v) is 22.3. The number of hydrogen-bond acceptors (Lipinski definition) is 7. The summed E-state index contributed by atoms with van der Waals surface area (Å²) in [5, 5.41) is 6.63. The fourth-order valence-electron chi connectivity index (χ4n) is 5.31. The molecule has 1 aromatic heterocycles. The molecule has 2 aromatic carbocycles. The van der Waals surface area contributed by atoms with Gasteiger partial charge < -0.3 is 14.1 Å². The summed E-state index contributed by atoms with van der Waals surface area (Å²) in [6.45, 7) is 7.04. The largest absolute Gasteiger partial charge is 0.434 e. The predicted molar refractivity (Wildman–Crippen MR) is 136 cm³/mol. The summed E-state index contributed by atoms with van der Waals surface area (Å²) >= 11 is 6.26. The molecule has 12 heteroatoms. The Morgan fingerprint density at radius 2 is 2.05 bits per heavy atom. The molecule has 5 rings (SSSR count). The topological polar surface area (TPSA) is 109 Å². The molecule has 1 fully saturated rings. The molecule has 3 atom stereocenters. The summed E-state index contributed by atoms with van der Waals surface area (Å²) in [7, 11) is -4.13. The number of nitrogens with one attached hydrogen (secondary N) is 1. The van der Waals surface area contributed by atoms with Crippen molar-refractivity contribution < 1.29 is 22.0 Å². The quantitative estimate of drug-likeness (QED) is 0.491. The molecule has 0 radical (unpaired) electrons. The van der Waals surface area contributed by atoms with Crippen LogP contribution < -0.4 is 10.7 Å². The van der Waals surface area contributed by atoms with E-state index in [1.54, 1.807) is 26.0 Å². The van der Waals surface area contributed by atoms with Gasteiger partial charge in [0, 0.05) is 30.0 Å². The zero-order valence-electron chi connectivity index (χ0n) is 20.7. The number of aryl methyl sites for hydroxylation is 1. The third-order valence-corrected chi connectivity index (χ3v) is 9.44. The molecule has 3 aromatic rings. The van der Waals surface area contributed by atoms with Crippen molar-refractivity contribution in [2.45, 2.75) is 44.0 Å². The number of benzene rings is 2. The highest BCUT2D eigenvalue weighted by Gasteiger charge is 2.46. The van der Waals surface area contributed by atoms with Gasteiger partial charge in [0.05, 0.1) is 19.0 Å². The minimum Gasteiger partial charge on any atom is -0.391 e. The van der Waals surface area contributed by atoms with Crippen molar-refractivity contribution in [2.24, 2.45) is 5.92 Å². The lowest BCUT2D eigenvalue weighted by Gasteiger charge is -2.42. The number of aromatic amines is 1. The summed E-state index contributed by atoms with van der Waals surface area (Å²) in [6, 6.07) is 6.56. The van der Waals surface area contributed by atoms with Crippen molar-refractivity contribution in [3.05, 3.63) is 74.3 Å². The molecule has 0 spiro atoms. The third kappa shape index (κ3) is 4.69. The van der Waals surface area contributed by atoms with Gasteiger partial charge in [-0.1, -0.05) is 24.6 Å². The molecule has 198 valence electrons. The van der Waals surface area contributed by atoms with Crippen LogP contribution in [0.5, 0.6) is 0 Å². The highest BCUT2D eigenvalue weighted by Crippen LogP contribution is 2.45. The van der Waals surface area contributed by atoms with Gasteiger partial charge in [-0.2, -0.15) is 4.31 Å². The van der Waals surface area contributed by atoms with Crippen LogP contribution >= 0.6 is 11.6 Å². The molecule has 0 amide bonds. The summed E-state index contributed by atoms with van der Waals surface area (Å²) < 4.78 is 55.5. The molecule has 9 nitrogen and oxygen atoms in total. The zero-order chi connectivity index (χ0) is 26.5. The van der Waals surface area contributed by atoms with Gasteiger partial charge in [0.15, 0.2) is 0 Å². The highest BCUT2D eigenvalue weighted by molar-refractivity contribution is 7.89. The molecule has 0 bridgehead atoms. The maximum Gasteiger partial charge on any atom is 0.434 e. The lowest BCUT2D eigenvalue weighted by molar-refractivity contribution is 0.184. The monoisotopic (exact) mass is 550 g/mol. The molecular formula is C25H28ClFN4O5S. The van der Waals surface area contributed by atoms with Crippen LogP contribution in [0.2, 0.25) is 5.02 Å². The molecule has 1 saturated heterocycles. The van der Waals surface area contributed by atoms with E-state index in [0.717, 1.165) is 12.0 Å². The van der Waals surface area contributed by atoms with Crippen LogP contribution in [0, 0.1) is 25.6 Å². The molecule has 0 saturated carbocycles. The van der Waals surface area contributed by atoms with Crippen molar-refractivity contribution in [1.82, 2.24) is 14.5 Å². The van der Waals surface area contributed by atoms with E-state index in [0.29, 0.717) is 41.6 Å². The van der Waals surface area contributed by atoms with Gasteiger partial charge >= 0.3 is 5.76 Å². The second-order valence-electron chi connectivity index (χ2n) is 9.69. The van der Waals surface area contributed by atoms with E-state index < -0.39 is 33.6 Å². The maximum absolute atomic E-state index is 15.2. The first-order valence-corrected chi connectivity index (χ1v) is 13.8. The van der Waals surface area contributed by atoms with Crippen molar-refractivity contribution >= 4 is 27.3 Å². The molecule has 3 heterocycles. The molecule has 37 heavy (non-hydrogen) atoms. The molecule has 2 aliphatic rings. The number of rotatable bonds is 6. The lowest BCUT2D eigenvalue weighted by Crippen LogP contribution is -2.50. The average molecular weight is 551 g/mol. The van der Waals surface area contributed by atoms with Crippen LogP contribution in [0.4, 0.5) is 10.1 Å². The number of anilines is 1. The molecular weight excluding hydrogens is 523 g/mol. The fourth-order valence-corrected chi connectivity index (χ4v) is 7.29. The third-order valence-electron chi connectivity index (χ3n) is 7.34.